The predicted molar refractivity (Wildman–Crippen MR) is 128 cm³/mol. The summed E-state index contributed by atoms with van der Waals surface area (Å²) in [4.78, 5) is 25.5. The molecule has 0 aliphatic heterocycles. The van der Waals surface area contributed by atoms with Gasteiger partial charge in [0.2, 0.25) is 0 Å². The van der Waals surface area contributed by atoms with Gasteiger partial charge in [0.05, 0.1) is 10.6 Å². The first-order valence-electron chi connectivity index (χ1n) is 9.92. The maximum atomic E-state index is 12.8. The molecule has 0 heterocycles. The average Bonchev–Trinajstić information content (AvgIpc) is 2.75. The maximum Gasteiger partial charge on any atom is 0.319 e. The van der Waals surface area contributed by atoms with E-state index in [2.05, 4.69) is 17.2 Å². The van der Waals surface area contributed by atoms with E-state index in [4.69, 9.17) is 11.6 Å². The molecule has 4 nitrogen and oxygen atoms in total. The van der Waals surface area contributed by atoms with Gasteiger partial charge >= 0.3 is 6.03 Å². The van der Waals surface area contributed by atoms with Crippen molar-refractivity contribution in [1.29, 1.82) is 0 Å². The second-order valence-electron chi connectivity index (χ2n) is 7.96. The fraction of sp³-hybridized carbons (Fsp3) is 0.154. The van der Waals surface area contributed by atoms with Crippen LogP contribution in [0.5, 0.6) is 0 Å². The second-order valence-corrected chi connectivity index (χ2v) is 8.36. The number of hydrogen-bond acceptors (Lipinski definition) is 2. The number of nitrogens with one attached hydrogen (secondary N) is 2. The summed E-state index contributed by atoms with van der Waals surface area (Å²) in [6.45, 7) is 9.78. The van der Waals surface area contributed by atoms with Crippen LogP contribution in [0.25, 0.3) is 5.57 Å². The molecule has 2 amide bonds. The van der Waals surface area contributed by atoms with Gasteiger partial charge in [0.25, 0.3) is 0 Å². The molecular weight excluding hydrogens is 408 g/mol. The van der Waals surface area contributed by atoms with E-state index in [1.807, 2.05) is 51.1 Å². The van der Waals surface area contributed by atoms with Gasteiger partial charge in [-0.15, -0.1) is 0 Å². The largest absolute Gasteiger partial charge is 0.329 e. The van der Waals surface area contributed by atoms with Gasteiger partial charge in [-0.2, -0.15) is 0 Å². The Kier molecular flexibility index (Phi) is 6.62. The molecule has 0 unspecified atom stereocenters. The highest BCUT2D eigenvalue weighted by molar-refractivity contribution is 6.35. The molecule has 0 saturated carbocycles. The Hall–Kier alpha value is -3.37. The zero-order valence-electron chi connectivity index (χ0n) is 17.8. The van der Waals surface area contributed by atoms with E-state index in [0.717, 1.165) is 16.7 Å². The molecule has 31 heavy (non-hydrogen) atoms. The van der Waals surface area contributed by atoms with E-state index in [9.17, 15) is 9.59 Å². The first-order valence-corrected chi connectivity index (χ1v) is 10.3. The van der Waals surface area contributed by atoms with E-state index in [1.165, 1.54) is 0 Å². The van der Waals surface area contributed by atoms with Gasteiger partial charge in [-0.3, -0.25) is 4.79 Å². The normalized spacial score (nSPS) is 11.0. The minimum Gasteiger partial charge on any atom is -0.329 e. The van der Waals surface area contributed by atoms with Gasteiger partial charge < -0.3 is 10.6 Å². The lowest BCUT2D eigenvalue weighted by Gasteiger charge is -2.27. The average molecular weight is 433 g/mol. The second kappa shape index (κ2) is 9.19. The van der Waals surface area contributed by atoms with Gasteiger partial charge in [-0.1, -0.05) is 72.3 Å². The molecule has 0 aliphatic rings. The molecule has 0 radical (unpaired) electrons. The SMILES string of the molecule is C=C(C)c1cccc(C(C)(C)NC(=O)Nc2ccc(Cl)c(C(=O)c3ccccc3)c2)c1. The summed E-state index contributed by atoms with van der Waals surface area (Å²) in [5, 5.41) is 6.12. The Labute approximate surface area is 188 Å². The number of ketones is 1. The van der Waals surface area contributed by atoms with E-state index in [-0.39, 0.29) is 11.8 Å². The number of carbonyl (C=O) groups is 2. The van der Waals surface area contributed by atoms with Crippen LogP contribution in [0.4, 0.5) is 10.5 Å². The lowest BCUT2D eigenvalue weighted by Crippen LogP contribution is -2.43. The van der Waals surface area contributed by atoms with E-state index >= 15 is 0 Å². The Bertz CT molecular complexity index is 1140. The minimum atomic E-state index is -0.620. The van der Waals surface area contributed by atoms with Crippen LogP contribution < -0.4 is 10.6 Å². The van der Waals surface area contributed by atoms with Crippen LogP contribution in [-0.4, -0.2) is 11.8 Å². The quantitative estimate of drug-likeness (QED) is 0.428. The number of allylic oxidation sites excluding steroid dienone is 1. The summed E-state index contributed by atoms with van der Waals surface area (Å²) < 4.78 is 0. The molecule has 0 bridgehead atoms. The Morgan fingerprint density at radius 3 is 2.26 bits per heavy atom. The predicted octanol–water partition coefficient (Wildman–Crippen LogP) is 6.66. The van der Waals surface area contributed by atoms with Crippen molar-refractivity contribution in [2.24, 2.45) is 0 Å². The summed E-state index contributed by atoms with van der Waals surface area (Å²) >= 11 is 6.25. The van der Waals surface area contributed by atoms with Gasteiger partial charge in [-0.25, -0.2) is 4.79 Å². The number of carbonyl (C=O) groups excluding carboxylic acids is 2. The van der Waals surface area contributed by atoms with Gasteiger partial charge in [0.15, 0.2) is 5.78 Å². The molecule has 0 atom stereocenters. The molecule has 158 valence electrons. The van der Waals surface area contributed by atoms with Crippen molar-refractivity contribution < 1.29 is 9.59 Å². The van der Waals surface area contributed by atoms with Crippen LogP contribution in [-0.2, 0) is 5.54 Å². The summed E-state index contributed by atoms with van der Waals surface area (Å²) in [6, 6.07) is 21.3. The van der Waals surface area contributed by atoms with Crippen LogP contribution in [0.15, 0.2) is 79.4 Å². The standard InChI is InChI=1S/C26H25ClN2O2/c1-17(2)19-11-8-12-20(15-19)26(3,4)29-25(31)28-21-13-14-23(27)22(16-21)24(30)18-9-6-5-7-10-18/h5-16H,1H2,2-4H3,(H2,28,29,31). The van der Waals surface area contributed by atoms with Crippen LogP contribution >= 0.6 is 11.6 Å². The highest BCUT2D eigenvalue weighted by Gasteiger charge is 2.23. The summed E-state index contributed by atoms with van der Waals surface area (Å²) in [6.07, 6.45) is 0. The van der Waals surface area contributed by atoms with Crippen molar-refractivity contribution in [2.45, 2.75) is 26.3 Å². The monoisotopic (exact) mass is 432 g/mol. The number of anilines is 1. The van der Waals surface area contributed by atoms with Crippen LogP contribution in [0, 0.1) is 0 Å². The van der Waals surface area contributed by atoms with Crippen molar-refractivity contribution in [3.63, 3.8) is 0 Å². The molecule has 0 saturated heterocycles. The smallest absolute Gasteiger partial charge is 0.319 e. The highest BCUT2D eigenvalue weighted by Crippen LogP contribution is 2.25. The fourth-order valence-electron chi connectivity index (χ4n) is 3.21. The molecule has 2 N–H and O–H groups in total. The molecule has 0 spiro atoms. The maximum absolute atomic E-state index is 12.8. The number of halogens is 1. The lowest BCUT2D eigenvalue weighted by molar-refractivity contribution is 0.103. The molecule has 0 aliphatic carbocycles. The molecule has 3 rings (SSSR count). The van der Waals surface area contributed by atoms with Crippen molar-refractivity contribution in [3.05, 3.63) is 107 Å². The molecule has 3 aromatic carbocycles. The van der Waals surface area contributed by atoms with Gasteiger partial charge in [0, 0.05) is 16.8 Å². The third-order valence-electron chi connectivity index (χ3n) is 5.01. The summed E-state index contributed by atoms with van der Waals surface area (Å²) in [7, 11) is 0. The van der Waals surface area contributed by atoms with Crippen LogP contribution in [0.3, 0.4) is 0 Å². The molecular formula is C26H25ClN2O2. The number of urea groups is 1. The lowest BCUT2D eigenvalue weighted by atomic mass is 9.92. The van der Waals surface area contributed by atoms with Crippen molar-refractivity contribution in [1.82, 2.24) is 5.32 Å². The first-order chi connectivity index (χ1) is 14.7. The van der Waals surface area contributed by atoms with E-state index < -0.39 is 5.54 Å². The Balaban J connectivity index is 1.77. The molecule has 0 fully saturated rings. The van der Waals surface area contributed by atoms with Gasteiger partial charge in [0.1, 0.15) is 0 Å². The fourth-order valence-corrected chi connectivity index (χ4v) is 3.42. The zero-order valence-corrected chi connectivity index (χ0v) is 18.6. The van der Waals surface area contributed by atoms with Crippen molar-refractivity contribution >= 4 is 34.7 Å². The Morgan fingerprint density at radius 1 is 0.903 bits per heavy atom. The summed E-state index contributed by atoms with van der Waals surface area (Å²) in [5.74, 6) is -0.202. The number of benzene rings is 3. The highest BCUT2D eigenvalue weighted by atomic mass is 35.5. The molecule has 3 aromatic rings. The number of amides is 2. The first kappa shape index (κ1) is 22.3. The molecule has 0 aromatic heterocycles. The number of hydrogen-bond donors (Lipinski definition) is 2. The van der Waals surface area contributed by atoms with Crippen molar-refractivity contribution in [2.75, 3.05) is 5.32 Å². The third-order valence-corrected chi connectivity index (χ3v) is 5.34. The number of rotatable bonds is 6. The van der Waals surface area contributed by atoms with Gasteiger partial charge in [-0.05, 0) is 56.2 Å². The molecule has 5 heteroatoms. The summed E-state index contributed by atoms with van der Waals surface area (Å²) in [5.41, 5.74) is 3.66. The third kappa shape index (κ3) is 5.41. The topological polar surface area (TPSA) is 58.2 Å². The van der Waals surface area contributed by atoms with E-state index in [1.54, 1.807) is 42.5 Å². The minimum absolute atomic E-state index is 0.202. The zero-order chi connectivity index (χ0) is 22.6. The van der Waals surface area contributed by atoms with E-state index in [0.29, 0.717) is 21.8 Å². The van der Waals surface area contributed by atoms with Crippen molar-refractivity contribution in [3.8, 4) is 0 Å². The van der Waals surface area contributed by atoms with Crippen LogP contribution in [0.1, 0.15) is 47.8 Å². The Morgan fingerprint density at radius 2 is 1.58 bits per heavy atom. The van der Waals surface area contributed by atoms with Crippen LogP contribution in [0.2, 0.25) is 5.02 Å².